The van der Waals surface area contributed by atoms with Crippen molar-refractivity contribution in [1.29, 1.82) is 0 Å². The Bertz CT molecular complexity index is 1220. The van der Waals surface area contributed by atoms with Gasteiger partial charge >= 0.3 is 6.18 Å². The van der Waals surface area contributed by atoms with E-state index in [0.717, 1.165) is 10.7 Å². The van der Waals surface area contributed by atoms with Crippen molar-refractivity contribution in [2.75, 3.05) is 7.05 Å². The van der Waals surface area contributed by atoms with E-state index in [-0.39, 0.29) is 17.4 Å². The number of carbonyl (C=O) groups excluding carboxylic acids is 1. The molecule has 3 heterocycles. The van der Waals surface area contributed by atoms with Crippen LogP contribution in [0.4, 0.5) is 13.2 Å². The van der Waals surface area contributed by atoms with Crippen LogP contribution >= 0.6 is 15.9 Å². The molecule has 1 aromatic carbocycles. The minimum absolute atomic E-state index is 0.0638. The van der Waals surface area contributed by atoms with Crippen molar-refractivity contribution in [3.05, 3.63) is 88.6 Å². The summed E-state index contributed by atoms with van der Waals surface area (Å²) >= 11 is 3.32. The number of amides is 1. The molecule has 0 unspecified atom stereocenters. The number of alkyl halides is 3. The van der Waals surface area contributed by atoms with Crippen molar-refractivity contribution in [3.63, 3.8) is 0 Å². The maximum Gasteiger partial charge on any atom is 0.433 e. The Morgan fingerprint density at radius 1 is 1.16 bits per heavy atom. The largest absolute Gasteiger partial charge is 0.433 e. The maximum absolute atomic E-state index is 13.7. The fraction of sp³-hybridized carbons (Fsp3) is 0.0952. The van der Waals surface area contributed by atoms with E-state index < -0.39 is 11.9 Å². The summed E-state index contributed by atoms with van der Waals surface area (Å²) < 4.78 is 42.4. The van der Waals surface area contributed by atoms with Crippen molar-refractivity contribution in [2.45, 2.75) is 6.18 Å². The molecule has 2 N–H and O–H groups in total. The van der Waals surface area contributed by atoms with E-state index >= 15 is 0 Å². The molecular weight excluding hydrogens is 489 g/mol. The first kappa shape index (κ1) is 21.6. The Labute approximate surface area is 189 Å². The average Bonchev–Trinajstić information content (AvgIpc) is 3.22. The van der Waals surface area contributed by atoms with E-state index in [1.165, 1.54) is 29.6 Å². The van der Waals surface area contributed by atoms with Crippen LogP contribution in [0.2, 0.25) is 0 Å². The maximum atomic E-state index is 13.7. The lowest BCUT2D eigenvalue weighted by atomic mass is 10.2. The van der Waals surface area contributed by atoms with Gasteiger partial charge in [-0.15, -0.1) is 0 Å². The number of halogens is 4. The molecule has 1 aliphatic rings. The SMILES string of the molecule is CN1NC(n2nc(-c3cccnc3)cc2C(F)(F)F)=CC=C1NC(=O)c1ccccc1Br. The fourth-order valence-corrected chi connectivity index (χ4v) is 3.50. The van der Waals surface area contributed by atoms with Crippen LogP contribution in [-0.4, -0.2) is 32.7 Å². The van der Waals surface area contributed by atoms with Crippen LogP contribution in [0.3, 0.4) is 0 Å². The van der Waals surface area contributed by atoms with Gasteiger partial charge in [0.2, 0.25) is 0 Å². The van der Waals surface area contributed by atoms with Crippen LogP contribution in [0.1, 0.15) is 16.1 Å². The van der Waals surface area contributed by atoms with E-state index in [9.17, 15) is 18.0 Å². The zero-order valence-corrected chi connectivity index (χ0v) is 18.1. The van der Waals surface area contributed by atoms with Gasteiger partial charge in [-0.25, -0.2) is 4.68 Å². The first-order valence-corrected chi connectivity index (χ1v) is 10.1. The number of allylic oxidation sites excluding steroid dienone is 2. The molecule has 32 heavy (non-hydrogen) atoms. The molecule has 1 aliphatic heterocycles. The van der Waals surface area contributed by atoms with E-state index in [4.69, 9.17) is 0 Å². The van der Waals surface area contributed by atoms with Gasteiger partial charge in [0.1, 0.15) is 11.6 Å². The predicted molar refractivity (Wildman–Crippen MR) is 115 cm³/mol. The summed E-state index contributed by atoms with van der Waals surface area (Å²) in [6, 6.07) is 11.1. The molecule has 0 aliphatic carbocycles. The lowest BCUT2D eigenvalue weighted by molar-refractivity contribution is -0.142. The second kappa shape index (κ2) is 8.50. The van der Waals surface area contributed by atoms with E-state index in [1.807, 2.05) is 0 Å². The second-order valence-corrected chi connectivity index (χ2v) is 7.63. The lowest BCUT2D eigenvalue weighted by Crippen LogP contribution is -2.43. The molecule has 1 amide bonds. The first-order chi connectivity index (χ1) is 15.2. The van der Waals surface area contributed by atoms with Gasteiger partial charge in [-0.1, -0.05) is 12.1 Å². The topological polar surface area (TPSA) is 75.1 Å². The van der Waals surface area contributed by atoms with Gasteiger partial charge in [-0.2, -0.15) is 18.3 Å². The number of nitrogens with zero attached hydrogens (tertiary/aromatic N) is 4. The third kappa shape index (κ3) is 4.37. The van der Waals surface area contributed by atoms with Crippen molar-refractivity contribution >= 4 is 27.7 Å². The summed E-state index contributed by atoms with van der Waals surface area (Å²) in [4.78, 5) is 16.5. The van der Waals surface area contributed by atoms with Gasteiger partial charge < -0.3 is 5.32 Å². The summed E-state index contributed by atoms with van der Waals surface area (Å²) in [6.45, 7) is 0. The predicted octanol–water partition coefficient (Wildman–Crippen LogP) is 4.25. The minimum atomic E-state index is -4.63. The van der Waals surface area contributed by atoms with Gasteiger partial charge in [0, 0.05) is 29.5 Å². The molecule has 11 heteroatoms. The zero-order chi connectivity index (χ0) is 22.9. The van der Waals surface area contributed by atoms with Gasteiger partial charge in [0.25, 0.3) is 5.91 Å². The molecule has 0 atom stereocenters. The number of hydrogen-bond donors (Lipinski definition) is 2. The van der Waals surface area contributed by atoms with Crippen molar-refractivity contribution in [2.24, 2.45) is 0 Å². The first-order valence-electron chi connectivity index (χ1n) is 9.30. The van der Waals surface area contributed by atoms with E-state index in [2.05, 4.69) is 36.8 Å². The summed E-state index contributed by atoms with van der Waals surface area (Å²) in [5.74, 6) is 0.0414. The Kier molecular flexibility index (Phi) is 5.74. The number of rotatable bonds is 4. The number of hydrazine groups is 1. The summed E-state index contributed by atoms with van der Waals surface area (Å²) in [6.07, 6.45) is 1.24. The number of carbonyl (C=O) groups is 1. The molecule has 164 valence electrons. The second-order valence-electron chi connectivity index (χ2n) is 6.77. The monoisotopic (exact) mass is 504 g/mol. The highest BCUT2D eigenvalue weighted by Gasteiger charge is 2.37. The van der Waals surface area contributed by atoms with Gasteiger partial charge in [-0.3, -0.25) is 20.2 Å². The Morgan fingerprint density at radius 3 is 2.59 bits per heavy atom. The Hall–Kier alpha value is -3.60. The highest BCUT2D eigenvalue weighted by Crippen LogP contribution is 2.34. The number of pyridine rings is 1. The molecule has 0 spiro atoms. The smallest absolute Gasteiger partial charge is 0.307 e. The third-order valence-electron chi connectivity index (χ3n) is 4.59. The molecule has 7 nitrogen and oxygen atoms in total. The standard InChI is InChI=1S/C21H16BrF3N6O/c1-30-18(27-20(32)14-6-2-3-7-15(14)22)8-9-19(29-30)31-17(21(23,24)25)11-16(28-31)13-5-4-10-26-12-13/h2-12,29H,1H3,(H,27,32). The van der Waals surface area contributed by atoms with E-state index in [0.29, 0.717) is 21.4 Å². The number of nitrogens with one attached hydrogen (secondary N) is 2. The van der Waals surface area contributed by atoms with Crippen molar-refractivity contribution in [1.82, 2.24) is 30.5 Å². The quantitative estimate of drug-likeness (QED) is 0.555. The van der Waals surface area contributed by atoms with Crippen LogP contribution in [-0.2, 0) is 6.18 Å². The van der Waals surface area contributed by atoms with E-state index in [1.54, 1.807) is 43.4 Å². The van der Waals surface area contributed by atoms with Gasteiger partial charge in [0.05, 0.1) is 11.3 Å². The Balaban J connectivity index is 1.65. The molecule has 0 saturated carbocycles. The summed E-state index contributed by atoms with van der Waals surface area (Å²) in [5.41, 5.74) is 2.88. The summed E-state index contributed by atoms with van der Waals surface area (Å²) in [5, 5.41) is 8.25. The van der Waals surface area contributed by atoms with Crippen LogP contribution in [0.15, 0.2) is 77.3 Å². The van der Waals surface area contributed by atoms with Crippen LogP contribution < -0.4 is 10.7 Å². The molecule has 0 fully saturated rings. The highest BCUT2D eigenvalue weighted by molar-refractivity contribution is 9.10. The molecular formula is C21H16BrF3N6O. The summed E-state index contributed by atoms with van der Waals surface area (Å²) in [7, 11) is 1.57. The molecule has 0 saturated heterocycles. The molecule has 0 radical (unpaired) electrons. The lowest BCUT2D eigenvalue weighted by Gasteiger charge is -2.29. The van der Waals surface area contributed by atoms with Crippen LogP contribution in [0.25, 0.3) is 17.1 Å². The van der Waals surface area contributed by atoms with Gasteiger partial charge in [0.15, 0.2) is 5.69 Å². The molecule has 2 aromatic heterocycles. The number of aromatic nitrogens is 3. The highest BCUT2D eigenvalue weighted by atomic mass is 79.9. The normalized spacial score (nSPS) is 13.8. The Morgan fingerprint density at radius 2 is 1.94 bits per heavy atom. The minimum Gasteiger partial charge on any atom is -0.307 e. The molecule has 0 bridgehead atoms. The zero-order valence-electron chi connectivity index (χ0n) is 16.6. The number of benzene rings is 1. The average molecular weight is 505 g/mol. The van der Waals surface area contributed by atoms with Gasteiger partial charge in [-0.05, 0) is 58.4 Å². The fourth-order valence-electron chi connectivity index (χ4n) is 3.03. The van der Waals surface area contributed by atoms with Crippen molar-refractivity contribution in [3.8, 4) is 11.3 Å². The van der Waals surface area contributed by atoms with Crippen molar-refractivity contribution < 1.29 is 18.0 Å². The third-order valence-corrected chi connectivity index (χ3v) is 5.28. The molecule has 4 rings (SSSR count). The van der Waals surface area contributed by atoms with Crippen LogP contribution in [0, 0.1) is 0 Å². The van der Waals surface area contributed by atoms with Crippen LogP contribution in [0.5, 0.6) is 0 Å². The number of hydrogen-bond acceptors (Lipinski definition) is 5. The molecule has 3 aromatic rings.